The first-order valence-electron chi connectivity index (χ1n) is 9.37. The lowest BCUT2D eigenvalue weighted by Gasteiger charge is -2.31. The molecule has 24 heavy (non-hydrogen) atoms. The molecular formula is C19H33N5. The number of unbranched alkanes of at least 4 members (excludes halogenated alkanes) is 2. The van der Waals surface area contributed by atoms with Gasteiger partial charge >= 0.3 is 0 Å². The Hall–Kier alpha value is -1.78. The van der Waals surface area contributed by atoms with Crippen molar-refractivity contribution in [2.45, 2.75) is 52.5 Å². The monoisotopic (exact) mass is 331 g/mol. The van der Waals surface area contributed by atoms with E-state index in [1.807, 2.05) is 13.2 Å². The standard InChI is InChI=1S/C19H33N5/c1-4-5-6-11-21-19(20-3)23-15-17-7-8-18(22-14-17)24-12-9-16(2)10-13-24/h7-8,14,16H,4-6,9-13,15H2,1-3H3,(H2,20,21,23). The minimum Gasteiger partial charge on any atom is -0.357 e. The van der Waals surface area contributed by atoms with Gasteiger partial charge in [0.25, 0.3) is 0 Å². The number of pyridine rings is 1. The van der Waals surface area contributed by atoms with Crippen LogP contribution in [-0.2, 0) is 6.54 Å². The molecule has 5 heteroatoms. The van der Waals surface area contributed by atoms with Crippen molar-refractivity contribution in [2.75, 3.05) is 31.6 Å². The number of anilines is 1. The first-order chi connectivity index (χ1) is 11.7. The summed E-state index contributed by atoms with van der Waals surface area (Å²) >= 11 is 0. The van der Waals surface area contributed by atoms with Gasteiger partial charge in [-0.1, -0.05) is 32.8 Å². The maximum Gasteiger partial charge on any atom is 0.191 e. The molecule has 1 saturated heterocycles. The van der Waals surface area contributed by atoms with E-state index in [0.29, 0.717) is 0 Å². The molecule has 2 N–H and O–H groups in total. The van der Waals surface area contributed by atoms with Gasteiger partial charge in [-0.15, -0.1) is 0 Å². The molecule has 0 spiro atoms. The number of hydrogen-bond acceptors (Lipinski definition) is 3. The Kier molecular flexibility index (Phi) is 7.86. The van der Waals surface area contributed by atoms with Crippen LogP contribution in [0.3, 0.4) is 0 Å². The number of nitrogens with zero attached hydrogens (tertiary/aromatic N) is 3. The highest BCUT2D eigenvalue weighted by molar-refractivity contribution is 5.79. The van der Waals surface area contributed by atoms with E-state index >= 15 is 0 Å². The summed E-state index contributed by atoms with van der Waals surface area (Å²) in [6, 6.07) is 4.31. The summed E-state index contributed by atoms with van der Waals surface area (Å²) in [5.41, 5.74) is 1.18. The molecule has 0 unspecified atom stereocenters. The van der Waals surface area contributed by atoms with Crippen LogP contribution in [0, 0.1) is 5.92 Å². The van der Waals surface area contributed by atoms with Gasteiger partial charge in [-0.2, -0.15) is 0 Å². The molecule has 0 saturated carbocycles. The van der Waals surface area contributed by atoms with E-state index in [-0.39, 0.29) is 0 Å². The molecule has 0 aromatic carbocycles. The van der Waals surface area contributed by atoms with Gasteiger partial charge < -0.3 is 15.5 Å². The molecule has 1 aliphatic rings. The molecule has 0 bridgehead atoms. The second-order valence-electron chi connectivity index (χ2n) is 6.75. The van der Waals surface area contributed by atoms with Crippen LogP contribution in [0.25, 0.3) is 0 Å². The van der Waals surface area contributed by atoms with Crippen molar-refractivity contribution < 1.29 is 0 Å². The van der Waals surface area contributed by atoms with E-state index < -0.39 is 0 Å². The molecule has 1 fully saturated rings. The lowest BCUT2D eigenvalue weighted by atomic mass is 9.99. The number of guanidine groups is 1. The highest BCUT2D eigenvalue weighted by Crippen LogP contribution is 2.21. The second-order valence-corrected chi connectivity index (χ2v) is 6.75. The molecule has 134 valence electrons. The molecular weight excluding hydrogens is 298 g/mol. The summed E-state index contributed by atoms with van der Waals surface area (Å²) in [5, 5.41) is 6.70. The van der Waals surface area contributed by atoms with E-state index in [1.54, 1.807) is 0 Å². The van der Waals surface area contributed by atoms with Crippen molar-refractivity contribution in [3.63, 3.8) is 0 Å². The Morgan fingerprint density at radius 3 is 2.67 bits per heavy atom. The first kappa shape index (κ1) is 18.6. The molecule has 1 aliphatic heterocycles. The fourth-order valence-electron chi connectivity index (χ4n) is 2.93. The van der Waals surface area contributed by atoms with E-state index in [4.69, 9.17) is 0 Å². The molecule has 0 radical (unpaired) electrons. The first-order valence-corrected chi connectivity index (χ1v) is 9.37. The normalized spacial score (nSPS) is 16.3. The number of rotatable bonds is 7. The van der Waals surface area contributed by atoms with Crippen LogP contribution < -0.4 is 15.5 Å². The molecule has 2 rings (SSSR count). The predicted molar refractivity (Wildman–Crippen MR) is 103 cm³/mol. The lowest BCUT2D eigenvalue weighted by Crippen LogP contribution is -2.37. The van der Waals surface area contributed by atoms with Crippen molar-refractivity contribution in [3.8, 4) is 0 Å². The summed E-state index contributed by atoms with van der Waals surface area (Å²) in [4.78, 5) is 11.3. The Balaban J connectivity index is 1.76. The summed E-state index contributed by atoms with van der Waals surface area (Å²) in [7, 11) is 1.81. The Morgan fingerprint density at radius 1 is 1.25 bits per heavy atom. The van der Waals surface area contributed by atoms with E-state index in [0.717, 1.165) is 43.9 Å². The van der Waals surface area contributed by atoms with Crippen molar-refractivity contribution >= 4 is 11.8 Å². The SMILES string of the molecule is CCCCCNC(=NC)NCc1ccc(N2CCC(C)CC2)nc1. The third kappa shape index (κ3) is 6.02. The van der Waals surface area contributed by atoms with Gasteiger partial charge in [-0.25, -0.2) is 4.98 Å². The van der Waals surface area contributed by atoms with Crippen molar-refractivity contribution in [2.24, 2.45) is 10.9 Å². The highest BCUT2D eigenvalue weighted by Gasteiger charge is 2.16. The van der Waals surface area contributed by atoms with Crippen LogP contribution in [-0.4, -0.2) is 37.6 Å². The van der Waals surface area contributed by atoms with Gasteiger partial charge in [-0.3, -0.25) is 4.99 Å². The third-order valence-corrected chi connectivity index (χ3v) is 4.67. The largest absolute Gasteiger partial charge is 0.357 e. The third-order valence-electron chi connectivity index (χ3n) is 4.67. The molecule has 0 atom stereocenters. The van der Waals surface area contributed by atoms with Gasteiger partial charge in [0.15, 0.2) is 5.96 Å². The average molecular weight is 332 g/mol. The van der Waals surface area contributed by atoms with E-state index in [9.17, 15) is 0 Å². The van der Waals surface area contributed by atoms with Crippen molar-refractivity contribution in [1.29, 1.82) is 0 Å². The van der Waals surface area contributed by atoms with Crippen LogP contribution in [0.2, 0.25) is 0 Å². The summed E-state index contributed by atoms with van der Waals surface area (Å²) in [6.07, 6.45) is 8.19. The molecule has 1 aromatic rings. The van der Waals surface area contributed by atoms with Gasteiger partial charge in [0.1, 0.15) is 5.82 Å². The smallest absolute Gasteiger partial charge is 0.191 e. The fraction of sp³-hybridized carbons (Fsp3) is 0.684. The maximum absolute atomic E-state index is 4.64. The number of piperidine rings is 1. The summed E-state index contributed by atoms with van der Waals surface area (Å²) < 4.78 is 0. The van der Waals surface area contributed by atoms with Crippen LogP contribution in [0.1, 0.15) is 51.5 Å². The number of hydrogen-bond donors (Lipinski definition) is 2. The zero-order chi connectivity index (χ0) is 17.2. The lowest BCUT2D eigenvalue weighted by molar-refractivity contribution is 0.436. The van der Waals surface area contributed by atoms with Crippen LogP contribution in [0.4, 0.5) is 5.82 Å². The van der Waals surface area contributed by atoms with E-state index in [1.165, 1.54) is 37.7 Å². The van der Waals surface area contributed by atoms with Crippen LogP contribution >= 0.6 is 0 Å². The van der Waals surface area contributed by atoms with Crippen molar-refractivity contribution in [1.82, 2.24) is 15.6 Å². The number of aliphatic imine (C=N–C) groups is 1. The number of nitrogens with one attached hydrogen (secondary N) is 2. The zero-order valence-corrected chi connectivity index (χ0v) is 15.5. The molecule has 0 aliphatic carbocycles. The van der Waals surface area contributed by atoms with Crippen molar-refractivity contribution in [3.05, 3.63) is 23.9 Å². The summed E-state index contributed by atoms with van der Waals surface area (Å²) in [5.74, 6) is 2.81. The Labute approximate surface area is 147 Å². The topological polar surface area (TPSA) is 52.6 Å². The molecule has 0 amide bonds. The van der Waals surface area contributed by atoms with Gasteiger partial charge in [0, 0.05) is 39.4 Å². The minimum absolute atomic E-state index is 0.748. The maximum atomic E-state index is 4.64. The molecule has 5 nitrogen and oxygen atoms in total. The highest BCUT2D eigenvalue weighted by atomic mass is 15.2. The van der Waals surface area contributed by atoms with E-state index in [2.05, 4.69) is 51.5 Å². The minimum atomic E-state index is 0.748. The zero-order valence-electron chi connectivity index (χ0n) is 15.5. The number of aromatic nitrogens is 1. The Bertz CT molecular complexity index is 489. The van der Waals surface area contributed by atoms with Gasteiger partial charge in [0.2, 0.25) is 0 Å². The van der Waals surface area contributed by atoms with Crippen LogP contribution in [0.15, 0.2) is 23.3 Å². The quantitative estimate of drug-likeness (QED) is 0.458. The molecule has 2 heterocycles. The molecule has 1 aromatic heterocycles. The second kappa shape index (κ2) is 10.2. The fourth-order valence-corrected chi connectivity index (χ4v) is 2.93. The van der Waals surface area contributed by atoms with Gasteiger partial charge in [0.05, 0.1) is 0 Å². The van der Waals surface area contributed by atoms with Crippen LogP contribution in [0.5, 0.6) is 0 Å². The average Bonchev–Trinajstić information content (AvgIpc) is 2.62. The summed E-state index contributed by atoms with van der Waals surface area (Å²) in [6.45, 7) is 8.52. The Morgan fingerprint density at radius 2 is 2.04 bits per heavy atom. The van der Waals surface area contributed by atoms with Gasteiger partial charge in [-0.05, 0) is 36.8 Å². The predicted octanol–water partition coefficient (Wildman–Crippen LogP) is 3.17.